The van der Waals surface area contributed by atoms with Gasteiger partial charge in [0.1, 0.15) is 0 Å². The molecule has 0 fully saturated rings. The van der Waals surface area contributed by atoms with Crippen molar-refractivity contribution in [2.75, 3.05) is 5.75 Å². The number of thioether (sulfide) groups is 1. The van der Waals surface area contributed by atoms with Crippen molar-refractivity contribution in [3.63, 3.8) is 0 Å². The zero-order chi connectivity index (χ0) is 15.2. The zero-order valence-corrected chi connectivity index (χ0v) is 16.2. The van der Waals surface area contributed by atoms with Crippen LogP contribution in [-0.2, 0) is 6.42 Å². The standard InChI is InChI=1S/C19H19NOS.Na.H/c21-18(9-7-15-4-3-11-20-13-15)14-22-19-10-8-16-5-1-2-6-17(16)12-19;;/h1-6,8,10-13,18,21H,7,9,14H2;;/q;+1;-1. The van der Waals surface area contributed by atoms with E-state index >= 15 is 0 Å². The van der Waals surface area contributed by atoms with Crippen LogP contribution in [0.2, 0.25) is 0 Å². The van der Waals surface area contributed by atoms with E-state index in [9.17, 15) is 5.11 Å². The Morgan fingerprint density at radius 3 is 2.65 bits per heavy atom. The molecule has 0 bridgehead atoms. The van der Waals surface area contributed by atoms with Crippen LogP contribution in [0.25, 0.3) is 10.8 Å². The minimum Gasteiger partial charge on any atom is -1.00 e. The van der Waals surface area contributed by atoms with Gasteiger partial charge in [-0.05, 0) is 47.4 Å². The van der Waals surface area contributed by atoms with E-state index in [4.69, 9.17) is 0 Å². The molecule has 0 saturated heterocycles. The van der Waals surface area contributed by atoms with Crippen LogP contribution in [-0.4, -0.2) is 21.9 Å². The number of nitrogens with zero attached hydrogens (tertiary/aromatic N) is 1. The number of aliphatic hydroxyl groups is 1. The van der Waals surface area contributed by atoms with Crippen LogP contribution in [0.3, 0.4) is 0 Å². The molecule has 1 aromatic heterocycles. The zero-order valence-electron chi connectivity index (χ0n) is 14.4. The number of hydrogen-bond donors (Lipinski definition) is 1. The maximum Gasteiger partial charge on any atom is 1.00 e. The Hall–Kier alpha value is -0.840. The molecule has 0 aliphatic heterocycles. The molecule has 3 aromatic rings. The van der Waals surface area contributed by atoms with Crippen molar-refractivity contribution in [2.45, 2.75) is 23.8 Å². The molecular formula is C19H20NNaOS. The number of hydrogen-bond acceptors (Lipinski definition) is 3. The summed E-state index contributed by atoms with van der Waals surface area (Å²) in [5, 5.41) is 12.6. The average Bonchev–Trinajstić information content (AvgIpc) is 2.59. The second kappa shape index (κ2) is 9.45. The average molecular weight is 333 g/mol. The smallest absolute Gasteiger partial charge is 1.00 e. The van der Waals surface area contributed by atoms with E-state index in [1.54, 1.807) is 18.0 Å². The molecule has 0 aliphatic rings. The summed E-state index contributed by atoms with van der Waals surface area (Å²) in [6.45, 7) is 0. The first-order valence-corrected chi connectivity index (χ1v) is 8.48. The fourth-order valence-corrected chi connectivity index (χ4v) is 3.34. The molecule has 1 unspecified atom stereocenters. The normalized spacial score (nSPS) is 11.9. The van der Waals surface area contributed by atoms with E-state index in [-0.39, 0.29) is 37.1 Å². The van der Waals surface area contributed by atoms with Crippen molar-refractivity contribution in [2.24, 2.45) is 0 Å². The van der Waals surface area contributed by atoms with Crippen LogP contribution >= 0.6 is 11.8 Å². The monoisotopic (exact) mass is 333 g/mol. The van der Waals surface area contributed by atoms with E-state index in [0.29, 0.717) is 0 Å². The first kappa shape index (κ1) is 18.5. The number of aryl methyl sites for hydroxylation is 1. The van der Waals surface area contributed by atoms with E-state index in [1.165, 1.54) is 21.2 Å². The number of fused-ring (bicyclic) bond motifs is 1. The van der Waals surface area contributed by atoms with E-state index in [0.717, 1.165) is 18.6 Å². The maximum absolute atomic E-state index is 10.1. The van der Waals surface area contributed by atoms with E-state index in [1.807, 2.05) is 12.3 Å². The molecule has 0 saturated carbocycles. The van der Waals surface area contributed by atoms with Gasteiger partial charge in [-0.1, -0.05) is 36.4 Å². The fourth-order valence-electron chi connectivity index (χ4n) is 2.41. The van der Waals surface area contributed by atoms with Gasteiger partial charge in [0.2, 0.25) is 0 Å². The van der Waals surface area contributed by atoms with Gasteiger partial charge in [-0.3, -0.25) is 4.98 Å². The Bertz CT molecular complexity index is 742. The number of benzene rings is 2. The third-order valence-corrected chi connectivity index (χ3v) is 4.79. The Labute approximate surface area is 165 Å². The van der Waals surface area contributed by atoms with Crippen molar-refractivity contribution in [3.05, 3.63) is 72.6 Å². The van der Waals surface area contributed by atoms with Gasteiger partial charge in [0.15, 0.2) is 0 Å². The Morgan fingerprint density at radius 2 is 1.87 bits per heavy atom. The first-order valence-electron chi connectivity index (χ1n) is 7.50. The number of aliphatic hydroxyl groups excluding tert-OH is 1. The van der Waals surface area contributed by atoms with Crippen molar-refractivity contribution in [1.82, 2.24) is 4.98 Å². The maximum atomic E-state index is 10.1. The van der Waals surface area contributed by atoms with E-state index < -0.39 is 0 Å². The van der Waals surface area contributed by atoms with Gasteiger partial charge >= 0.3 is 29.6 Å². The van der Waals surface area contributed by atoms with Gasteiger partial charge < -0.3 is 6.53 Å². The van der Waals surface area contributed by atoms with Gasteiger partial charge in [0.25, 0.3) is 0 Å². The number of aromatic nitrogens is 1. The predicted molar refractivity (Wildman–Crippen MR) is 94.3 cm³/mol. The molecule has 23 heavy (non-hydrogen) atoms. The Morgan fingerprint density at radius 1 is 1.04 bits per heavy atom. The minimum absolute atomic E-state index is 0. The molecule has 2 aromatic carbocycles. The molecule has 1 atom stereocenters. The summed E-state index contributed by atoms with van der Waals surface area (Å²) >= 11 is 1.71. The molecule has 114 valence electrons. The molecule has 3 rings (SSSR count). The first-order chi connectivity index (χ1) is 10.8. The largest absolute Gasteiger partial charge is 1.00 e. The van der Waals surface area contributed by atoms with Gasteiger partial charge in [-0.15, -0.1) is 11.8 Å². The Balaban J connectivity index is 0.00000144. The predicted octanol–water partition coefficient (Wildman–Crippen LogP) is 1.44. The molecule has 0 spiro atoms. The summed E-state index contributed by atoms with van der Waals surface area (Å²) < 4.78 is 0. The Kier molecular flexibility index (Phi) is 7.60. The summed E-state index contributed by atoms with van der Waals surface area (Å²) in [5.41, 5.74) is 1.18. The summed E-state index contributed by atoms with van der Waals surface area (Å²) in [6, 6.07) is 18.8. The number of pyridine rings is 1. The second-order valence-electron chi connectivity index (χ2n) is 5.37. The van der Waals surface area contributed by atoms with Gasteiger partial charge in [0.05, 0.1) is 6.10 Å². The molecule has 4 heteroatoms. The van der Waals surface area contributed by atoms with Crippen LogP contribution < -0.4 is 29.6 Å². The van der Waals surface area contributed by atoms with Crippen molar-refractivity contribution >= 4 is 22.5 Å². The molecule has 0 radical (unpaired) electrons. The molecule has 1 N–H and O–H groups in total. The summed E-state index contributed by atoms with van der Waals surface area (Å²) in [7, 11) is 0. The fraction of sp³-hybridized carbons (Fsp3) is 0.211. The summed E-state index contributed by atoms with van der Waals surface area (Å²) in [6.07, 6.45) is 4.98. The number of rotatable bonds is 6. The molecule has 1 heterocycles. The molecule has 0 amide bonds. The van der Waals surface area contributed by atoms with Crippen LogP contribution in [0.1, 0.15) is 13.4 Å². The van der Waals surface area contributed by atoms with Gasteiger partial charge in [-0.25, -0.2) is 0 Å². The van der Waals surface area contributed by atoms with E-state index in [2.05, 4.69) is 53.5 Å². The van der Waals surface area contributed by atoms with Gasteiger partial charge in [0, 0.05) is 23.0 Å². The molecule has 0 aliphatic carbocycles. The van der Waals surface area contributed by atoms with Crippen LogP contribution in [0.15, 0.2) is 71.9 Å². The van der Waals surface area contributed by atoms with Crippen LogP contribution in [0.5, 0.6) is 0 Å². The topological polar surface area (TPSA) is 33.1 Å². The summed E-state index contributed by atoms with van der Waals surface area (Å²) in [5.74, 6) is 0.721. The summed E-state index contributed by atoms with van der Waals surface area (Å²) in [4.78, 5) is 5.31. The van der Waals surface area contributed by atoms with Gasteiger partial charge in [-0.2, -0.15) is 0 Å². The molecule has 2 nitrogen and oxygen atoms in total. The minimum atomic E-state index is -0.295. The second-order valence-corrected chi connectivity index (χ2v) is 6.47. The van der Waals surface area contributed by atoms with Crippen molar-refractivity contribution < 1.29 is 36.1 Å². The third kappa shape index (κ3) is 5.63. The SMILES string of the molecule is OC(CCc1cccnc1)CSc1ccc2ccccc2c1.[H-].[Na+]. The molecular weight excluding hydrogens is 313 g/mol. The van der Waals surface area contributed by atoms with Crippen LogP contribution in [0.4, 0.5) is 0 Å². The van der Waals surface area contributed by atoms with Crippen molar-refractivity contribution in [3.8, 4) is 0 Å². The quantitative estimate of drug-likeness (QED) is 0.547. The van der Waals surface area contributed by atoms with Crippen molar-refractivity contribution in [1.29, 1.82) is 0 Å². The third-order valence-electron chi connectivity index (χ3n) is 3.65. The van der Waals surface area contributed by atoms with Crippen LogP contribution in [0, 0.1) is 0 Å².